The maximum absolute atomic E-state index is 13.2. The molecule has 2 aromatic rings. The van der Waals surface area contributed by atoms with E-state index < -0.39 is 0 Å². The van der Waals surface area contributed by atoms with Gasteiger partial charge in [-0.25, -0.2) is 9.37 Å². The number of anilines is 2. The average molecular weight is 370 g/mol. The lowest BCUT2D eigenvalue weighted by Crippen LogP contribution is -2.44. The van der Waals surface area contributed by atoms with Gasteiger partial charge in [-0.05, 0) is 19.4 Å². The van der Waals surface area contributed by atoms with Gasteiger partial charge in [0.1, 0.15) is 12.5 Å². The number of aliphatic imine (C=N–C) groups is 1. The maximum atomic E-state index is 13.2. The Morgan fingerprint density at radius 3 is 3.04 bits per heavy atom. The van der Waals surface area contributed by atoms with Crippen LogP contribution in [-0.2, 0) is 11.2 Å². The van der Waals surface area contributed by atoms with Gasteiger partial charge in [-0.3, -0.25) is 4.99 Å². The van der Waals surface area contributed by atoms with E-state index in [1.165, 1.54) is 5.56 Å². The fraction of sp³-hybridized carbons (Fsp3) is 0.526. The van der Waals surface area contributed by atoms with Crippen molar-refractivity contribution in [3.8, 4) is 0 Å². The van der Waals surface area contributed by atoms with Crippen LogP contribution >= 0.6 is 0 Å². The molecule has 5 rings (SSSR count). The Bertz CT molecular complexity index is 936. The Morgan fingerprint density at radius 2 is 2.26 bits per heavy atom. The van der Waals surface area contributed by atoms with Crippen molar-refractivity contribution in [2.24, 2.45) is 4.99 Å². The third-order valence-electron chi connectivity index (χ3n) is 5.55. The fourth-order valence-electron chi connectivity index (χ4n) is 4.27. The van der Waals surface area contributed by atoms with Gasteiger partial charge in [-0.2, -0.15) is 9.78 Å². The average Bonchev–Trinajstić information content (AvgIpc) is 3.41. The van der Waals surface area contributed by atoms with Gasteiger partial charge in [0.2, 0.25) is 0 Å². The lowest BCUT2D eigenvalue weighted by molar-refractivity contribution is 0.0985. The number of pyridine rings is 1. The van der Waals surface area contributed by atoms with Crippen LogP contribution in [0.4, 0.5) is 15.9 Å². The van der Waals surface area contributed by atoms with Crippen molar-refractivity contribution < 1.29 is 9.13 Å². The van der Waals surface area contributed by atoms with E-state index in [1.54, 1.807) is 4.68 Å². The van der Waals surface area contributed by atoms with Crippen LogP contribution in [0.3, 0.4) is 0 Å². The molecule has 1 fully saturated rings. The maximum Gasteiger partial charge on any atom is 0.169 e. The largest absolute Gasteiger partial charge is 0.377 e. The number of aromatic nitrogens is 3. The molecule has 27 heavy (non-hydrogen) atoms. The van der Waals surface area contributed by atoms with Crippen LogP contribution in [0.1, 0.15) is 12.5 Å². The number of nitrogens with zero attached hydrogens (tertiary/aromatic N) is 6. The third kappa shape index (κ3) is 2.62. The summed E-state index contributed by atoms with van der Waals surface area (Å²) in [5.74, 6) is 1.78. The van der Waals surface area contributed by atoms with Gasteiger partial charge >= 0.3 is 0 Å². The summed E-state index contributed by atoms with van der Waals surface area (Å²) < 4.78 is 20.6. The minimum Gasteiger partial charge on any atom is -0.377 e. The second-order valence-electron chi connectivity index (χ2n) is 7.20. The molecule has 2 aromatic heterocycles. The summed E-state index contributed by atoms with van der Waals surface area (Å²) in [7, 11) is 0. The first-order chi connectivity index (χ1) is 13.3. The zero-order valence-electron chi connectivity index (χ0n) is 15.4. The molecule has 0 amide bonds. The van der Waals surface area contributed by atoms with E-state index in [2.05, 4.69) is 26.8 Å². The van der Waals surface area contributed by atoms with E-state index in [0.29, 0.717) is 26.3 Å². The van der Waals surface area contributed by atoms with Gasteiger partial charge in [-0.1, -0.05) is 6.08 Å². The smallest absolute Gasteiger partial charge is 0.169 e. The number of hydrogen-bond donors (Lipinski definition) is 0. The summed E-state index contributed by atoms with van der Waals surface area (Å²) in [4.78, 5) is 14.0. The number of ether oxygens (including phenoxy) is 1. The van der Waals surface area contributed by atoms with E-state index in [-0.39, 0.29) is 12.7 Å². The molecular formula is C19H23FN6O. The molecule has 3 aliphatic heterocycles. The fourth-order valence-corrected chi connectivity index (χ4v) is 4.27. The van der Waals surface area contributed by atoms with Crippen LogP contribution in [0, 0.1) is 0 Å². The van der Waals surface area contributed by atoms with Crippen molar-refractivity contribution in [1.82, 2.24) is 14.8 Å². The quantitative estimate of drug-likeness (QED) is 0.825. The summed E-state index contributed by atoms with van der Waals surface area (Å²) in [6.45, 7) is 5.88. The Balaban J connectivity index is 1.72. The number of allylic oxidation sites excluding steroid dienone is 1. The molecule has 3 aliphatic rings. The first kappa shape index (κ1) is 16.7. The molecule has 5 heterocycles. The second-order valence-corrected chi connectivity index (χ2v) is 7.20. The molecule has 8 heteroatoms. The van der Waals surface area contributed by atoms with Crippen LogP contribution in [0.5, 0.6) is 0 Å². The minimum absolute atomic E-state index is 0.253. The summed E-state index contributed by atoms with van der Waals surface area (Å²) in [6.07, 6.45) is 6.71. The van der Waals surface area contributed by atoms with Gasteiger partial charge < -0.3 is 14.5 Å². The van der Waals surface area contributed by atoms with Gasteiger partial charge in [-0.15, -0.1) is 0 Å². The summed E-state index contributed by atoms with van der Waals surface area (Å²) in [5.41, 5.74) is 3.08. The van der Waals surface area contributed by atoms with Gasteiger partial charge in [0.25, 0.3) is 0 Å². The van der Waals surface area contributed by atoms with Crippen LogP contribution in [0.25, 0.3) is 11.0 Å². The van der Waals surface area contributed by atoms with Crippen LogP contribution < -0.4 is 9.80 Å². The van der Waals surface area contributed by atoms with Crippen LogP contribution in [0.15, 0.2) is 23.3 Å². The zero-order chi connectivity index (χ0) is 18.4. The number of rotatable bonds is 3. The Kier molecular flexibility index (Phi) is 4.07. The monoisotopic (exact) mass is 370 g/mol. The third-order valence-corrected chi connectivity index (χ3v) is 5.55. The first-order valence-corrected chi connectivity index (χ1v) is 9.55. The summed E-state index contributed by atoms with van der Waals surface area (Å²) in [5, 5.41) is 5.54. The molecule has 1 atom stereocenters. The van der Waals surface area contributed by atoms with E-state index >= 15 is 0 Å². The molecular weight excluding hydrogens is 347 g/mol. The highest BCUT2D eigenvalue weighted by atomic mass is 19.1. The molecule has 0 N–H and O–H groups in total. The van der Waals surface area contributed by atoms with E-state index in [0.717, 1.165) is 47.9 Å². The van der Waals surface area contributed by atoms with Crippen molar-refractivity contribution in [2.75, 3.05) is 55.9 Å². The van der Waals surface area contributed by atoms with Gasteiger partial charge in [0, 0.05) is 25.2 Å². The van der Waals surface area contributed by atoms with Gasteiger partial charge in [0.05, 0.1) is 43.1 Å². The standard InChI is InChI=1S/C19H23FN6O/c1-13-12-27-10-9-25(13)18-14-4-7-24(8-5-20)17(14)15-11-22-26(19(15)23-18)16-3-2-6-21-16/h2-3,11,13H,4-10,12H2,1H3/t13-/m1/s1. The van der Waals surface area contributed by atoms with E-state index in [4.69, 9.17) is 9.72 Å². The highest BCUT2D eigenvalue weighted by Gasteiger charge is 2.32. The van der Waals surface area contributed by atoms with E-state index in [1.807, 2.05) is 18.3 Å². The Morgan fingerprint density at radius 1 is 1.33 bits per heavy atom. The van der Waals surface area contributed by atoms with Crippen LogP contribution in [-0.4, -0.2) is 72.7 Å². The van der Waals surface area contributed by atoms with Crippen LogP contribution in [0.2, 0.25) is 0 Å². The highest BCUT2D eigenvalue weighted by molar-refractivity contribution is 6.04. The SMILES string of the molecule is C[C@@H]1COCCN1c1nc2c(cnn2C2=NCC=C2)c2c1CCN2CCF. The molecule has 142 valence electrons. The molecule has 0 bridgehead atoms. The molecule has 7 nitrogen and oxygen atoms in total. The molecule has 0 radical (unpaired) electrons. The van der Waals surface area contributed by atoms with E-state index in [9.17, 15) is 4.39 Å². The lowest BCUT2D eigenvalue weighted by atomic mass is 10.1. The van der Waals surface area contributed by atoms with Gasteiger partial charge in [0.15, 0.2) is 11.5 Å². The summed E-state index contributed by atoms with van der Waals surface area (Å²) in [6, 6.07) is 0.253. The molecule has 1 saturated heterocycles. The number of halogens is 1. The molecule has 0 unspecified atom stereocenters. The normalized spacial score (nSPS) is 22.0. The second kappa shape index (κ2) is 6.60. The highest BCUT2D eigenvalue weighted by Crippen LogP contribution is 2.41. The molecule has 0 aromatic carbocycles. The predicted molar refractivity (Wildman–Crippen MR) is 104 cm³/mol. The van der Waals surface area contributed by atoms with Crippen molar-refractivity contribution >= 4 is 28.4 Å². The number of morpholine rings is 1. The Hall–Kier alpha value is -2.48. The number of fused-ring (bicyclic) bond motifs is 3. The predicted octanol–water partition coefficient (Wildman–Crippen LogP) is 1.80. The number of hydrogen-bond acceptors (Lipinski definition) is 6. The van der Waals surface area contributed by atoms with Crippen molar-refractivity contribution in [2.45, 2.75) is 19.4 Å². The number of alkyl halides is 1. The first-order valence-electron chi connectivity index (χ1n) is 9.55. The lowest BCUT2D eigenvalue weighted by Gasteiger charge is -2.35. The topological polar surface area (TPSA) is 58.8 Å². The Labute approximate surface area is 157 Å². The van der Waals surface area contributed by atoms with Crippen molar-refractivity contribution in [1.29, 1.82) is 0 Å². The summed E-state index contributed by atoms with van der Waals surface area (Å²) >= 11 is 0. The van der Waals surface area contributed by atoms with Crippen molar-refractivity contribution in [3.63, 3.8) is 0 Å². The van der Waals surface area contributed by atoms with Crippen molar-refractivity contribution in [3.05, 3.63) is 23.9 Å². The molecule has 0 saturated carbocycles. The molecule has 0 spiro atoms. The minimum atomic E-state index is -0.365. The molecule has 0 aliphatic carbocycles. The zero-order valence-corrected chi connectivity index (χ0v) is 15.4.